The molecule has 150 valence electrons. The molecule has 0 radical (unpaired) electrons. The number of benzene rings is 2. The molecule has 4 nitrogen and oxygen atoms in total. The molecule has 0 bridgehead atoms. The highest BCUT2D eigenvalue weighted by molar-refractivity contribution is 7.13. The highest BCUT2D eigenvalue weighted by Gasteiger charge is 2.25. The number of amides is 1. The minimum Gasteiger partial charge on any atom is -0.368 e. The quantitative estimate of drug-likeness (QED) is 0.641. The van der Waals surface area contributed by atoms with Gasteiger partial charge in [-0.2, -0.15) is 0 Å². The van der Waals surface area contributed by atoms with Crippen LogP contribution in [0.5, 0.6) is 0 Å². The Morgan fingerprint density at radius 1 is 0.966 bits per heavy atom. The van der Waals surface area contributed by atoms with Crippen LogP contribution in [0, 0.1) is 18.6 Å². The van der Waals surface area contributed by atoms with Crippen LogP contribution >= 0.6 is 11.3 Å². The maximum absolute atomic E-state index is 13.1. The third kappa shape index (κ3) is 4.45. The molecule has 0 atom stereocenters. The number of aromatic nitrogens is 1. The number of carbonyl (C=O) groups excluding carboxylic acids is 1. The zero-order chi connectivity index (χ0) is 20.4. The topological polar surface area (TPSA) is 36.4 Å². The number of halogens is 2. The summed E-state index contributed by atoms with van der Waals surface area (Å²) < 4.78 is 26.2. The number of thiazole rings is 1. The highest BCUT2D eigenvalue weighted by atomic mass is 32.1. The summed E-state index contributed by atoms with van der Waals surface area (Å²) in [5, 5.41) is 0.849. The number of carbonyl (C=O) groups is 1. The van der Waals surface area contributed by atoms with Gasteiger partial charge in [-0.3, -0.25) is 4.79 Å². The van der Waals surface area contributed by atoms with Crippen LogP contribution in [0.3, 0.4) is 0 Å². The van der Waals surface area contributed by atoms with Crippen LogP contribution in [-0.2, 0) is 6.42 Å². The van der Waals surface area contributed by atoms with Crippen LogP contribution in [0.25, 0.3) is 0 Å². The van der Waals surface area contributed by atoms with E-state index in [1.54, 1.807) is 24.3 Å². The Hall–Kier alpha value is -2.80. The Morgan fingerprint density at radius 2 is 1.55 bits per heavy atom. The lowest BCUT2D eigenvalue weighted by Crippen LogP contribution is -2.48. The summed E-state index contributed by atoms with van der Waals surface area (Å²) in [7, 11) is 0. The van der Waals surface area contributed by atoms with Crippen molar-refractivity contribution >= 4 is 22.9 Å². The number of aryl methyl sites for hydroxylation is 1. The predicted molar refractivity (Wildman–Crippen MR) is 111 cm³/mol. The lowest BCUT2D eigenvalue weighted by atomic mass is 10.1. The van der Waals surface area contributed by atoms with E-state index in [0.717, 1.165) is 22.0 Å². The predicted octanol–water partition coefficient (Wildman–Crippen LogP) is 4.28. The first-order valence-corrected chi connectivity index (χ1v) is 10.3. The molecule has 0 saturated carbocycles. The largest absolute Gasteiger partial charge is 0.368 e. The van der Waals surface area contributed by atoms with Crippen LogP contribution in [0.1, 0.15) is 25.9 Å². The fourth-order valence-corrected chi connectivity index (χ4v) is 4.53. The first-order chi connectivity index (χ1) is 14.0. The van der Waals surface area contributed by atoms with Crippen LogP contribution in [0.4, 0.5) is 14.5 Å². The number of piperazine rings is 1. The Balaban J connectivity index is 1.40. The zero-order valence-electron chi connectivity index (χ0n) is 16.1. The normalized spacial score (nSPS) is 14.3. The van der Waals surface area contributed by atoms with Gasteiger partial charge in [-0.05, 0) is 48.9 Å². The molecule has 4 rings (SSSR count). The fraction of sp³-hybridized carbons (Fsp3) is 0.273. The third-order valence-corrected chi connectivity index (χ3v) is 6.21. The molecule has 2 heterocycles. The van der Waals surface area contributed by atoms with E-state index in [0.29, 0.717) is 37.5 Å². The molecule has 1 aliphatic rings. The van der Waals surface area contributed by atoms with Crippen molar-refractivity contribution < 1.29 is 13.6 Å². The number of rotatable bonds is 4. The summed E-state index contributed by atoms with van der Waals surface area (Å²) in [6.07, 6.45) is 0.581. The minimum absolute atomic E-state index is 0.00381. The second kappa shape index (κ2) is 8.29. The van der Waals surface area contributed by atoms with Gasteiger partial charge in [-0.25, -0.2) is 13.8 Å². The summed E-state index contributed by atoms with van der Waals surface area (Å²) in [6, 6.07) is 12.8. The van der Waals surface area contributed by atoms with Gasteiger partial charge >= 0.3 is 0 Å². The van der Waals surface area contributed by atoms with Gasteiger partial charge in [0, 0.05) is 38.3 Å². The molecule has 29 heavy (non-hydrogen) atoms. The van der Waals surface area contributed by atoms with Gasteiger partial charge in [-0.1, -0.05) is 12.1 Å². The van der Waals surface area contributed by atoms with Crippen molar-refractivity contribution in [1.29, 1.82) is 0 Å². The molecule has 0 N–H and O–H groups in total. The second-order valence-electron chi connectivity index (χ2n) is 7.08. The van der Waals surface area contributed by atoms with Crippen LogP contribution < -0.4 is 4.90 Å². The van der Waals surface area contributed by atoms with Gasteiger partial charge in [0.05, 0.1) is 10.7 Å². The van der Waals surface area contributed by atoms with Crippen LogP contribution in [-0.4, -0.2) is 42.0 Å². The van der Waals surface area contributed by atoms with E-state index < -0.39 is 0 Å². The monoisotopic (exact) mass is 413 g/mol. The lowest BCUT2D eigenvalue weighted by Gasteiger charge is -2.36. The lowest BCUT2D eigenvalue weighted by molar-refractivity contribution is 0.0750. The van der Waals surface area contributed by atoms with E-state index in [-0.39, 0.29) is 17.5 Å². The number of anilines is 1. The molecule has 0 spiro atoms. The summed E-state index contributed by atoms with van der Waals surface area (Å²) in [5.74, 6) is -0.511. The molecule has 3 aromatic rings. The Morgan fingerprint density at radius 3 is 2.17 bits per heavy atom. The van der Waals surface area contributed by atoms with E-state index in [2.05, 4.69) is 9.88 Å². The van der Waals surface area contributed by atoms with E-state index >= 15 is 0 Å². The van der Waals surface area contributed by atoms with Crippen LogP contribution in [0.2, 0.25) is 0 Å². The molecule has 0 aliphatic carbocycles. The van der Waals surface area contributed by atoms with Crippen molar-refractivity contribution in [3.05, 3.63) is 81.3 Å². The Kier molecular flexibility index (Phi) is 5.58. The molecule has 0 unspecified atom stereocenters. The van der Waals surface area contributed by atoms with E-state index in [4.69, 9.17) is 0 Å². The molecule has 1 saturated heterocycles. The number of nitrogens with zero attached hydrogens (tertiary/aromatic N) is 3. The number of hydrogen-bond acceptors (Lipinski definition) is 4. The van der Waals surface area contributed by atoms with Crippen molar-refractivity contribution in [1.82, 2.24) is 9.88 Å². The number of hydrogen-bond donors (Lipinski definition) is 0. The van der Waals surface area contributed by atoms with E-state index in [9.17, 15) is 13.6 Å². The average molecular weight is 413 g/mol. The molecule has 1 fully saturated rings. The molecule has 2 aromatic carbocycles. The van der Waals surface area contributed by atoms with Gasteiger partial charge in [0.25, 0.3) is 5.91 Å². The molecule has 1 aromatic heterocycles. The van der Waals surface area contributed by atoms with Gasteiger partial charge < -0.3 is 9.80 Å². The van der Waals surface area contributed by atoms with Crippen molar-refractivity contribution in [2.24, 2.45) is 0 Å². The molecule has 1 aliphatic heterocycles. The zero-order valence-corrected chi connectivity index (χ0v) is 16.9. The summed E-state index contributed by atoms with van der Waals surface area (Å²) >= 11 is 1.41. The first-order valence-electron chi connectivity index (χ1n) is 9.50. The summed E-state index contributed by atoms with van der Waals surface area (Å²) in [5.41, 5.74) is 2.67. The van der Waals surface area contributed by atoms with E-state index in [1.807, 2.05) is 11.8 Å². The summed E-state index contributed by atoms with van der Waals surface area (Å²) in [4.78, 5) is 22.2. The van der Waals surface area contributed by atoms with Crippen molar-refractivity contribution in [3.63, 3.8) is 0 Å². The Bertz CT molecular complexity index is 994. The maximum Gasteiger partial charge on any atom is 0.265 e. The van der Waals surface area contributed by atoms with Crippen LogP contribution in [0.15, 0.2) is 48.5 Å². The average Bonchev–Trinajstić information content (AvgIpc) is 3.10. The second-order valence-corrected chi connectivity index (χ2v) is 8.16. The van der Waals surface area contributed by atoms with Gasteiger partial charge in [0.1, 0.15) is 16.5 Å². The minimum atomic E-state index is -0.264. The van der Waals surface area contributed by atoms with Crippen molar-refractivity contribution in [3.8, 4) is 0 Å². The van der Waals surface area contributed by atoms with Crippen molar-refractivity contribution in [2.45, 2.75) is 13.3 Å². The first kappa shape index (κ1) is 19.5. The van der Waals surface area contributed by atoms with E-state index in [1.165, 1.54) is 35.6 Å². The third-order valence-electron chi connectivity index (χ3n) is 5.06. The van der Waals surface area contributed by atoms with Gasteiger partial charge in [-0.15, -0.1) is 11.3 Å². The van der Waals surface area contributed by atoms with Gasteiger partial charge in [0.15, 0.2) is 0 Å². The molecular formula is C22H21F2N3OS. The highest BCUT2D eigenvalue weighted by Crippen LogP contribution is 2.24. The summed E-state index contributed by atoms with van der Waals surface area (Å²) in [6.45, 7) is 4.49. The SMILES string of the molecule is Cc1nc(Cc2ccc(F)cc2)sc1C(=O)N1CCN(c2ccc(F)cc2)CC1. The maximum atomic E-state index is 13.1. The molecule has 1 amide bonds. The van der Waals surface area contributed by atoms with Crippen molar-refractivity contribution in [2.75, 3.05) is 31.1 Å². The standard InChI is InChI=1S/C22H21F2N3OS/c1-15-21(29-20(25-15)14-16-2-4-17(23)5-3-16)22(28)27-12-10-26(11-13-27)19-8-6-18(24)7-9-19/h2-9H,10-14H2,1H3. The molecule has 7 heteroatoms. The fourth-order valence-electron chi connectivity index (χ4n) is 3.47. The molecular weight excluding hydrogens is 392 g/mol. The van der Waals surface area contributed by atoms with Gasteiger partial charge in [0.2, 0.25) is 0 Å². The smallest absolute Gasteiger partial charge is 0.265 e. The Labute approximate surface area is 172 Å².